The molecule has 1 aliphatic rings. The smallest absolute Gasteiger partial charge is 0.190 e. The average molecular weight is 251 g/mol. The fourth-order valence-electron chi connectivity index (χ4n) is 2.22. The normalized spacial score (nSPS) is 15.9. The molecule has 0 saturated carbocycles. The highest BCUT2D eigenvalue weighted by molar-refractivity contribution is 6.01. The number of nitrogens with zero attached hydrogens (tertiary/aromatic N) is 3. The van der Waals surface area contributed by atoms with Gasteiger partial charge in [-0.2, -0.15) is 10.4 Å². The van der Waals surface area contributed by atoms with Gasteiger partial charge in [-0.1, -0.05) is 30.3 Å². The first kappa shape index (κ1) is 11.5. The Balaban J connectivity index is 1.85. The van der Waals surface area contributed by atoms with Crippen LogP contribution in [0.3, 0.4) is 0 Å². The number of hydrogen-bond acceptors (Lipinski definition) is 4. The molecule has 2 heterocycles. The van der Waals surface area contributed by atoms with Crippen molar-refractivity contribution in [3.8, 4) is 6.07 Å². The molecule has 2 aromatic rings. The Morgan fingerprint density at radius 3 is 2.74 bits per heavy atom. The Hall–Kier alpha value is -2.54. The number of furan rings is 1. The zero-order chi connectivity index (χ0) is 13.1. The van der Waals surface area contributed by atoms with E-state index in [0.29, 0.717) is 5.76 Å². The van der Waals surface area contributed by atoms with Gasteiger partial charge >= 0.3 is 0 Å². The summed E-state index contributed by atoms with van der Waals surface area (Å²) in [6, 6.07) is 15.4. The van der Waals surface area contributed by atoms with E-state index >= 15 is 0 Å². The third-order valence-corrected chi connectivity index (χ3v) is 3.17. The standard InChI is InChI=1S/C15H13N3O/c16-11-14(15-7-4-10-19-15)18-9-8-13(17-18)12-5-2-1-3-6-12/h1-7,10,14H,8-9H2/t14-/m0/s1. The molecule has 4 heteroatoms. The molecular weight excluding hydrogens is 238 g/mol. The molecule has 0 unspecified atom stereocenters. The van der Waals surface area contributed by atoms with Crippen LogP contribution in [0.4, 0.5) is 0 Å². The van der Waals surface area contributed by atoms with Crippen LogP contribution in [0.1, 0.15) is 23.8 Å². The van der Waals surface area contributed by atoms with Gasteiger partial charge in [0.2, 0.25) is 0 Å². The van der Waals surface area contributed by atoms with Gasteiger partial charge in [0.15, 0.2) is 6.04 Å². The number of nitriles is 1. The van der Waals surface area contributed by atoms with Gasteiger partial charge in [-0.25, -0.2) is 0 Å². The minimum absolute atomic E-state index is 0.448. The molecule has 0 bridgehead atoms. The predicted octanol–water partition coefficient (Wildman–Crippen LogP) is 2.95. The Morgan fingerprint density at radius 1 is 1.21 bits per heavy atom. The van der Waals surface area contributed by atoms with Crippen molar-refractivity contribution in [1.29, 1.82) is 5.26 Å². The molecule has 0 radical (unpaired) electrons. The van der Waals surface area contributed by atoms with Crippen LogP contribution < -0.4 is 0 Å². The Labute approximate surface area is 111 Å². The molecule has 0 N–H and O–H groups in total. The Bertz CT molecular complexity index is 611. The lowest BCUT2D eigenvalue weighted by Gasteiger charge is -2.17. The highest BCUT2D eigenvalue weighted by Gasteiger charge is 2.26. The first-order valence-corrected chi connectivity index (χ1v) is 6.21. The van der Waals surface area contributed by atoms with Crippen LogP contribution >= 0.6 is 0 Å². The molecule has 1 atom stereocenters. The monoisotopic (exact) mass is 251 g/mol. The molecule has 1 aromatic carbocycles. The van der Waals surface area contributed by atoms with Gasteiger partial charge in [-0.3, -0.25) is 5.01 Å². The van der Waals surface area contributed by atoms with E-state index in [4.69, 9.17) is 4.42 Å². The van der Waals surface area contributed by atoms with Gasteiger partial charge in [-0.15, -0.1) is 0 Å². The van der Waals surface area contributed by atoms with Gasteiger partial charge < -0.3 is 4.42 Å². The summed E-state index contributed by atoms with van der Waals surface area (Å²) >= 11 is 0. The number of benzene rings is 1. The molecule has 4 nitrogen and oxygen atoms in total. The first-order chi connectivity index (χ1) is 9.38. The lowest BCUT2D eigenvalue weighted by molar-refractivity contribution is 0.245. The molecule has 19 heavy (non-hydrogen) atoms. The number of hydrogen-bond donors (Lipinski definition) is 0. The van der Waals surface area contributed by atoms with Crippen molar-refractivity contribution in [2.24, 2.45) is 5.10 Å². The largest absolute Gasteiger partial charge is 0.466 e. The van der Waals surface area contributed by atoms with Crippen molar-refractivity contribution in [1.82, 2.24) is 5.01 Å². The fourth-order valence-corrected chi connectivity index (χ4v) is 2.22. The van der Waals surface area contributed by atoms with Gasteiger partial charge in [0, 0.05) is 13.0 Å². The second kappa shape index (κ2) is 4.99. The summed E-state index contributed by atoms with van der Waals surface area (Å²) < 4.78 is 5.31. The van der Waals surface area contributed by atoms with Crippen molar-refractivity contribution < 1.29 is 4.42 Å². The molecule has 0 amide bonds. The topological polar surface area (TPSA) is 52.5 Å². The van der Waals surface area contributed by atoms with E-state index < -0.39 is 6.04 Å². The first-order valence-electron chi connectivity index (χ1n) is 6.21. The molecule has 3 rings (SSSR count). The van der Waals surface area contributed by atoms with E-state index in [1.54, 1.807) is 17.3 Å². The maximum Gasteiger partial charge on any atom is 0.190 e. The zero-order valence-corrected chi connectivity index (χ0v) is 10.4. The molecule has 0 saturated heterocycles. The summed E-state index contributed by atoms with van der Waals surface area (Å²) in [6.07, 6.45) is 2.43. The summed E-state index contributed by atoms with van der Waals surface area (Å²) in [5.74, 6) is 0.639. The quantitative estimate of drug-likeness (QED) is 0.842. The van der Waals surface area contributed by atoms with Crippen molar-refractivity contribution in [3.05, 3.63) is 60.1 Å². The summed E-state index contributed by atoms with van der Waals surface area (Å²) in [5.41, 5.74) is 2.13. The van der Waals surface area contributed by atoms with Crippen molar-refractivity contribution in [2.45, 2.75) is 12.5 Å². The number of rotatable bonds is 3. The molecule has 94 valence electrons. The molecular formula is C15H13N3O. The predicted molar refractivity (Wildman–Crippen MR) is 71.4 cm³/mol. The minimum atomic E-state index is -0.448. The van der Waals surface area contributed by atoms with E-state index in [1.165, 1.54) is 0 Å². The Kier molecular flexibility index (Phi) is 3.03. The lowest BCUT2D eigenvalue weighted by atomic mass is 10.1. The van der Waals surface area contributed by atoms with Crippen LogP contribution in [0.5, 0.6) is 0 Å². The second-order valence-electron chi connectivity index (χ2n) is 4.37. The van der Waals surface area contributed by atoms with Crippen molar-refractivity contribution in [3.63, 3.8) is 0 Å². The summed E-state index contributed by atoms with van der Waals surface area (Å²) in [5, 5.41) is 15.6. The van der Waals surface area contributed by atoms with Gasteiger partial charge in [0.05, 0.1) is 18.0 Å². The summed E-state index contributed by atoms with van der Waals surface area (Å²) in [4.78, 5) is 0. The maximum atomic E-state index is 9.29. The lowest BCUT2D eigenvalue weighted by Crippen LogP contribution is -2.19. The summed E-state index contributed by atoms with van der Waals surface area (Å²) in [6.45, 7) is 0.739. The van der Waals surface area contributed by atoms with E-state index in [2.05, 4.69) is 11.2 Å². The molecule has 0 fully saturated rings. The van der Waals surface area contributed by atoms with Crippen molar-refractivity contribution >= 4 is 5.71 Å². The minimum Gasteiger partial charge on any atom is -0.466 e. The van der Waals surface area contributed by atoms with E-state index in [0.717, 1.165) is 24.2 Å². The van der Waals surface area contributed by atoms with Gasteiger partial charge in [0.1, 0.15) is 5.76 Å². The van der Waals surface area contributed by atoms with Crippen LogP contribution in [0, 0.1) is 11.3 Å². The highest BCUT2D eigenvalue weighted by atomic mass is 16.3. The van der Waals surface area contributed by atoms with Gasteiger partial charge in [0.25, 0.3) is 0 Å². The number of hydrazone groups is 1. The zero-order valence-electron chi connectivity index (χ0n) is 10.4. The molecule has 0 aliphatic carbocycles. The van der Waals surface area contributed by atoms with E-state index in [-0.39, 0.29) is 0 Å². The SMILES string of the molecule is N#C[C@@H](c1ccco1)N1CCC(c2ccccc2)=N1. The van der Waals surface area contributed by atoms with Crippen LogP contribution in [-0.4, -0.2) is 17.3 Å². The summed E-state index contributed by atoms with van der Waals surface area (Å²) in [7, 11) is 0. The van der Waals surface area contributed by atoms with Gasteiger partial charge in [-0.05, 0) is 17.7 Å². The second-order valence-corrected chi connectivity index (χ2v) is 4.37. The third kappa shape index (κ3) is 2.23. The van der Waals surface area contributed by atoms with Crippen LogP contribution in [-0.2, 0) is 0 Å². The van der Waals surface area contributed by atoms with Crippen LogP contribution in [0.15, 0.2) is 58.2 Å². The fraction of sp³-hybridized carbons (Fsp3) is 0.200. The highest BCUT2D eigenvalue weighted by Crippen LogP contribution is 2.25. The molecule has 0 spiro atoms. The van der Waals surface area contributed by atoms with Crippen LogP contribution in [0.25, 0.3) is 0 Å². The van der Waals surface area contributed by atoms with Crippen LogP contribution in [0.2, 0.25) is 0 Å². The average Bonchev–Trinajstić information content (AvgIpc) is 3.12. The molecule has 1 aliphatic heterocycles. The Morgan fingerprint density at radius 2 is 2.05 bits per heavy atom. The third-order valence-electron chi connectivity index (χ3n) is 3.17. The van der Waals surface area contributed by atoms with E-state index in [1.807, 2.05) is 36.4 Å². The maximum absolute atomic E-state index is 9.29. The van der Waals surface area contributed by atoms with E-state index in [9.17, 15) is 5.26 Å². The molecule has 1 aromatic heterocycles. The van der Waals surface area contributed by atoms with Crippen molar-refractivity contribution in [2.75, 3.05) is 6.54 Å².